The summed E-state index contributed by atoms with van der Waals surface area (Å²) in [5.74, 6) is -0.165. The van der Waals surface area contributed by atoms with Crippen molar-refractivity contribution in [2.45, 2.75) is 18.9 Å². The molecule has 2 aliphatic heterocycles. The number of nitrogens with zero attached hydrogens (tertiary/aromatic N) is 3. The summed E-state index contributed by atoms with van der Waals surface area (Å²) in [6, 6.07) is 2.29. The molecule has 1 atom stereocenters. The minimum Gasteiger partial charge on any atom is -0.381 e. The molecule has 1 aromatic rings. The average Bonchev–Trinajstić information content (AvgIpc) is 3.17. The molecule has 1 aromatic heterocycles. The molecule has 0 saturated carbocycles. The fourth-order valence-electron chi connectivity index (χ4n) is 3.31. The van der Waals surface area contributed by atoms with Crippen LogP contribution in [0.3, 0.4) is 0 Å². The first kappa shape index (κ1) is 21.5. The molecule has 0 aliphatic carbocycles. The van der Waals surface area contributed by atoms with E-state index in [1.165, 1.54) is 12.1 Å². The highest BCUT2D eigenvalue weighted by Gasteiger charge is 2.32. The number of hydrogen-bond acceptors (Lipinski definition) is 7. The fraction of sp³-hybridized carbons (Fsp3) is 0.625. The van der Waals surface area contributed by atoms with Crippen molar-refractivity contribution >= 4 is 40.6 Å². The van der Waals surface area contributed by atoms with Crippen molar-refractivity contribution in [1.29, 1.82) is 0 Å². The first-order chi connectivity index (χ1) is 12.5. The lowest BCUT2D eigenvalue weighted by Crippen LogP contribution is -2.56. The van der Waals surface area contributed by atoms with Gasteiger partial charge in [0, 0.05) is 45.5 Å². The van der Waals surface area contributed by atoms with Gasteiger partial charge in [-0.05, 0) is 24.8 Å². The molecule has 11 heteroatoms. The molecule has 0 bridgehead atoms. The number of piperazine rings is 1. The van der Waals surface area contributed by atoms with E-state index in [9.17, 15) is 19.7 Å². The highest BCUT2D eigenvalue weighted by molar-refractivity contribution is 7.17. The Bertz CT molecular complexity index is 686. The quantitative estimate of drug-likeness (QED) is 0.578. The predicted octanol–water partition coefficient (Wildman–Crippen LogP) is 1.12. The second-order valence-corrected chi connectivity index (χ2v) is 7.55. The van der Waals surface area contributed by atoms with Crippen LogP contribution in [0, 0.1) is 16.0 Å². The van der Waals surface area contributed by atoms with Crippen molar-refractivity contribution in [2.75, 3.05) is 39.4 Å². The summed E-state index contributed by atoms with van der Waals surface area (Å²) >= 11 is 0.871. The highest BCUT2D eigenvalue weighted by Crippen LogP contribution is 2.25. The number of nitro groups is 1. The molecule has 3 rings (SSSR count). The van der Waals surface area contributed by atoms with Crippen LogP contribution in [0.4, 0.5) is 5.00 Å². The predicted molar refractivity (Wildman–Crippen MR) is 102 cm³/mol. The standard InChI is InChI=1S/C16H22N4O5S.ClH/c17-14(11-3-9-25-10-4-11)16(22)19-7-5-18(6-8-19)15(21)12-1-2-13(26-12)20(23)24;/h1-2,11,14H,3-10,17H2;1H. The molecule has 2 N–H and O–H groups in total. The Balaban J connectivity index is 0.00000261. The fourth-order valence-corrected chi connectivity index (χ4v) is 4.10. The minimum absolute atomic E-state index is 0. The van der Waals surface area contributed by atoms with E-state index in [-0.39, 0.29) is 35.1 Å². The van der Waals surface area contributed by atoms with Gasteiger partial charge in [0.15, 0.2) is 0 Å². The summed E-state index contributed by atoms with van der Waals surface area (Å²) in [6.45, 7) is 2.93. The van der Waals surface area contributed by atoms with Crippen LogP contribution in [-0.2, 0) is 9.53 Å². The van der Waals surface area contributed by atoms with Gasteiger partial charge in [-0.15, -0.1) is 12.4 Å². The summed E-state index contributed by atoms with van der Waals surface area (Å²) in [6.07, 6.45) is 1.59. The van der Waals surface area contributed by atoms with Crippen molar-refractivity contribution in [3.63, 3.8) is 0 Å². The molecule has 0 aromatic carbocycles. The van der Waals surface area contributed by atoms with Crippen molar-refractivity contribution < 1.29 is 19.2 Å². The number of hydrogen-bond donors (Lipinski definition) is 1. The maximum Gasteiger partial charge on any atom is 0.324 e. The Labute approximate surface area is 167 Å². The van der Waals surface area contributed by atoms with E-state index >= 15 is 0 Å². The molecule has 150 valence electrons. The Morgan fingerprint density at radius 1 is 1.19 bits per heavy atom. The van der Waals surface area contributed by atoms with Gasteiger partial charge in [-0.25, -0.2) is 0 Å². The zero-order valence-corrected chi connectivity index (χ0v) is 16.4. The van der Waals surface area contributed by atoms with Crippen LogP contribution in [0.15, 0.2) is 12.1 Å². The number of rotatable bonds is 4. The van der Waals surface area contributed by atoms with E-state index in [2.05, 4.69) is 0 Å². The van der Waals surface area contributed by atoms with Gasteiger partial charge < -0.3 is 20.3 Å². The van der Waals surface area contributed by atoms with E-state index in [0.717, 1.165) is 24.2 Å². The normalized spacial score (nSPS) is 19.3. The Morgan fingerprint density at radius 2 is 1.78 bits per heavy atom. The molecule has 3 heterocycles. The molecule has 27 heavy (non-hydrogen) atoms. The largest absolute Gasteiger partial charge is 0.381 e. The first-order valence-corrected chi connectivity index (χ1v) is 9.44. The Morgan fingerprint density at radius 3 is 2.33 bits per heavy atom. The monoisotopic (exact) mass is 418 g/mol. The lowest BCUT2D eigenvalue weighted by atomic mass is 9.91. The van der Waals surface area contributed by atoms with E-state index < -0.39 is 11.0 Å². The molecular weight excluding hydrogens is 396 g/mol. The van der Waals surface area contributed by atoms with Gasteiger partial charge in [-0.2, -0.15) is 0 Å². The maximum absolute atomic E-state index is 12.6. The van der Waals surface area contributed by atoms with Crippen LogP contribution in [0.25, 0.3) is 0 Å². The van der Waals surface area contributed by atoms with E-state index in [4.69, 9.17) is 10.5 Å². The first-order valence-electron chi connectivity index (χ1n) is 8.63. The van der Waals surface area contributed by atoms with Crippen molar-refractivity contribution in [1.82, 2.24) is 9.80 Å². The van der Waals surface area contributed by atoms with Crippen molar-refractivity contribution in [3.8, 4) is 0 Å². The molecule has 2 amide bonds. The molecular formula is C16H23ClN4O5S. The van der Waals surface area contributed by atoms with Gasteiger partial charge in [0.05, 0.1) is 15.8 Å². The number of carbonyl (C=O) groups excluding carboxylic acids is 2. The number of ether oxygens (including phenoxy) is 1. The molecule has 2 aliphatic rings. The summed E-state index contributed by atoms with van der Waals surface area (Å²) in [5.41, 5.74) is 6.15. The average molecular weight is 419 g/mol. The number of amides is 2. The summed E-state index contributed by atoms with van der Waals surface area (Å²) in [5, 5.41) is 10.7. The molecule has 2 saturated heterocycles. The van der Waals surface area contributed by atoms with E-state index in [1.807, 2.05) is 0 Å². The maximum atomic E-state index is 12.6. The van der Waals surface area contributed by atoms with Gasteiger partial charge >= 0.3 is 5.00 Å². The number of thiophene rings is 1. The highest BCUT2D eigenvalue weighted by atomic mass is 35.5. The minimum atomic E-state index is -0.527. The molecule has 0 spiro atoms. The topological polar surface area (TPSA) is 119 Å². The lowest BCUT2D eigenvalue weighted by Gasteiger charge is -2.37. The molecule has 0 radical (unpaired) electrons. The SMILES string of the molecule is Cl.NC(C(=O)N1CCN(C(=O)c2ccc([N+](=O)[O-])s2)CC1)C1CCOCC1. The lowest BCUT2D eigenvalue weighted by molar-refractivity contribution is -0.380. The number of nitrogens with two attached hydrogens (primary N) is 1. The van der Waals surface area contributed by atoms with Crippen LogP contribution >= 0.6 is 23.7 Å². The Hall–Kier alpha value is -1.75. The summed E-state index contributed by atoms with van der Waals surface area (Å²) in [7, 11) is 0. The number of halogens is 1. The van der Waals surface area contributed by atoms with Gasteiger partial charge in [0.2, 0.25) is 5.91 Å². The second kappa shape index (κ2) is 9.45. The third-order valence-electron chi connectivity index (χ3n) is 4.92. The van der Waals surface area contributed by atoms with Crippen molar-refractivity contribution in [2.24, 2.45) is 11.7 Å². The molecule has 9 nitrogen and oxygen atoms in total. The zero-order chi connectivity index (χ0) is 18.7. The van der Waals surface area contributed by atoms with E-state index in [0.29, 0.717) is 44.3 Å². The van der Waals surface area contributed by atoms with E-state index in [1.54, 1.807) is 9.80 Å². The summed E-state index contributed by atoms with van der Waals surface area (Å²) < 4.78 is 5.31. The van der Waals surface area contributed by atoms with Crippen LogP contribution in [0.2, 0.25) is 0 Å². The van der Waals surface area contributed by atoms with Gasteiger partial charge in [-0.3, -0.25) is 19.7 Å². The third kappa shape index (κ3) is 4.95. The smallest absolute Gasteiger partial charge is 0.324 e. The zero-order valence-electron chi connectivity index (χ0n) is 14.7. The van der Waals surface area contributed by atoms with Gasteiger partial charge in [0.25, 0.3) is 5.91 Å². The van der Waals surface area contributed by atoms with Crippen LogP contribution < -0.4 is 5.73 Å². The van der Waals surface area contributed by atoms with Crippen LogP contribution in [0.5, 0.6) is 0 Å². The molecule has 2 fully saturated rings. The number of carbonyl (C=O) groups is 2. The van der Waals surface area contributed by atoms with Gasteiger partial charge in [-0.1, -0.05) is 11.3 Å². The van der Waals surface area contributed by atoms with Gasteiger partial charge in [0.1, 0.15) is 0 Å². The third-order valence-corrected chi connectivity index (χ3v) is 5.94. The van der Waals surface area contributed by atoms with Crippen LogP contribution in [-0.4, -0.2) is 72.0 Å². The summed E-state index contributed by atoms with van der Waals surface area (Å²) in [4.78, 5) is 39.0. The Kier molecular flexibility index (Phi) is 7.54. The second-order valence-electron chi connectivity index (χ2n) is 6.49. The van der Waals surface area contributed by atoms with Crippen molar-refractivity contribution in [3.05, 3.63) is 27.1 Å². The molecule has 1 unspecified atom stereocenters. The van der Waals surface area contributed by atoms with Crippen LogP contribution in [0.1, 0.15) is 22.5 Å².